The Bertz CT molecular complexity index is 1300. The Morgan fingerprint density at radius 1 is 0.534 bits per heavy atom. The highest BCUT2D eigenvalue weighted by Crippen LogP contribution is 2.43. The number of phosphoric ester groups is 1. The van der Waals surface area contributed by atoms with Crippen LogP contribution in [0.1, 0.15) is 155 Å². The predicted molar refractivity (Wildman–Crippen MR) is 235 cm³/mol. The average molecular weight is 834 g/mol. The van der Waals surface area contributed by atoms with Crippen molar-refractivity contribution in [2.45, 2.75) is 167 Å². The molecule has 0 aliphatic rings. The lowest BCUT2D eigenvalue weighted by atomic mass is 10.1. The normalized spacial score (nSPS) is 14.6. The molecule has 0 aromatic rings. The van der Waals surface area contributed by atoms with Gasteiger partial charge in [0.1, 0.15) is 12.6 Å². The van der Waals surface area contributed by atoms with Gasteiger partial charge in [0.25, 0.3) is 0 Å². The second-order valence-corrected chi connectivity index (χ2v) is 15.6. The van der Waals surface area contributed by atoms with Gasteiger partial charge in [-0.05, 0) is 83.5 Å². The van der Waals surface area contributed by atoms with Gasteiger partial charge in [-0.25, -0.2) is 4.57 Å². The van der Waals surface area contributed by atoms with Crippen LogP contribution in [-0.2, 0) is 37.5 Å². The number of allylic oxidation sites excluding steroid dienone is 14. The Morgan fingerprint density at radius 2 is 0.948 bits per heavy atom. The molecule has 1 unspecified atom stereocenters. The maximum Gasteiger partial charge on any atom is 0.472 e. The lowest BCUT2D eigenvalue weighted by Gasteiger charge is -2.20. The van der Waals surface area contributed by atoms with Gasteiger partial charge in [0.2, 0.25) is 0 Å². The molecule has 0 heterocycles. The molecular formula is C46H76NO10P. The van der Waals surface area contributed by atoms with E-state index in [1.807, 2.05) is 18.2 Å². The molecule has 0 aromatic carbocycles. The third-order valence-electron chi connectivity index (χ3n) is 8.63. The SMILES string of the molecule is CCCCC/C=C/C/C=C/C/C=C/C/C=C/C/C=C/CCC(=O)O[C@H](COC(=O)CCCCCCC/C=C/C/C=C/CCCCC)COP(=O)(O)OC[C@H](N)C(=O)O. The smallest absolute Gasteiger partial charge is 0.472 e. The first-order valence-corrected chi connectivity index (χ1v) is 23.1. The van der Waals surface area contributed by atoms with Gasteiger partial charge in [-0.15, -0.1) is 0 Å². The molecule has 0 aliphatic heterocycles. The van der Waals surface area contributed by atoms with E-state index in [0.29, 0.717) is 19.3 Å². The minimum Gasteiger partial charge on any atom is -0.480 e. The summed E-state index contributed by atoms with van der Waals surface area (Å²) >= 11 is 0. The average Bonchev–Trinajstić information content (AvgIpc) is 3.20. The Hall–Kier alpha value is -3.34. The molecule has 0 amide bonds. The molecule has 0 saturated carbocycles. The summed E-state index contributed by atoms with van der Waals surface area (Å²) in [5, 5.41) is 8.88. The van der Waals surface area contributed by atoms with Gasteiger partial charge in [0.15, 0.2) is 6.10 Å². The topological polar surface area (TPSA) is 172 Å². The van der Waals surface area contributed by atoms with E-state index in [0.717, 1.165) is 70.6 Å². The molecular weight excluding hydrogens is 757 g/mol. The fourth-order valence-corrected chi connectivity index (χ4v) is 5.97. The van der Waals surface area contributed by atoms with E-state index in [4.69, 9.17) is 24.8 Å². The molecule has 3 atom stereocenters. The maximum atomic E-state index is 12.6. The second kappa shape index (κ2) is 40.4. The van der Waals surface area contributed by atoms with Crippen molar-refractivity contribution in [3.8, 4) is 0 Å². The van der Waals surface area contributed by atoms with Crippen molar-refractivity contribution in [1.29, 1.82) is 0 Å². The van der Waals surface area contributed by atoms with Crippen molar-refractivity contribution in [2.75, 3.05) is 19.8 Å². The Kier molecular flexibility index (Phi) is 38.1. The molecule has 12 heteroatoms. The summed E-state index contributed by atoms with van der Waals surface area (Å²) in [5.74, 6) is -2.51. The molecule has 0 radical (unpaired) electrons. The van der Waals surface area contributed by atoms with E-state index in [-0.39, 0.29) is 19.4 Å². The molecule has 0 rings (SSSR count). The Labute approximate surface area is 350 Å². The number of unbranched alkanes of at least 4 members (excludes halogenated alkanes) is 11. The van der Waals surface area contributed by atoms with Crippen LogP contribution in [-0.4, -0.2) is 59.9 Å². The first-order valence-electron chi connectivity index (χ1n) is 21.6. The standard InChI is InChI=1S/C46H76NO10P/c1-3-5-7-9-11-13-15-17-19-20-21-22-24-26-28-30-32-34-36-38-45(49)57-42(40-55-58(52,53)56-41-43(47)46(50)51)39-54-44(48)37-35-33-31-29-27-25-23-18-16-14-12-10-8-6-4-2/h11-14,17-19,21-23,26,28,32,34,42-43H,3-10,15-16,20,24-25,27,29-31,33,35-41,47H2,1-2H3,(H,50,51)(H,52,53)/b13-11+,14-12+,19-17+,22-21+,23-18+,28-26+,34-32+/t42-,43+/m1/s1. The number of carboxylic acid groups (broad SMARTS) is 1. The van der Waals surface area contributed by atoms with Crippen LogP contribution < -0.4 is 5.73 Å². The summed E-state index contributed by atoms with van der Waals surface area (Å²) in [7, 11) is -4.74. The van der Waals surface area contributed by atoms with Crippen LogP contribution >= 0.6 is 7.82 Å². The number of rotatable bonds is 39. The van der Waals surface area contributed by atoms with Gasteiger partial charge in [-0.2, -0.15) is 0 Å². The first-order chi connectivity index (χ1) is 28.1. The number of carboxylic acids is 1. The number of ether oxygens (including phenoxy) is 2. The summed E-state index contributed by atoms with van der Waals surface area (Å²) in [5.41, 5.74) is 5.32. The Balaban J connectivity index is 4.54. The molecule has 11 nitrogen and oxygen atoms in total. The minimum atomic E-state index is -4.74. The molecule has 0 fully saturated rings. The number of aliphatic carboxylic acids is 1. The summed E-state index contributed by atoms with van der Waals surface area (Å²) < 4.78 is 32.6. The van der Waals surface area contributed by atoms with E-state index >= 15 is 0 Å². The van der Waals surface area contributed by atoms with Crippen molar-refractivity contribution in [1.82, 2.24) is 0 Å². The fraction of sp³-hybridized carbons (Fsp3) is 0.630. The van der Waals surface area contributed by atoms with Crippen LogP contribution in [0.3, 0.4) is 0 Å². The number of nitrogens with two attached hydrogens (primary N) is 1. The van der Waals surface area contributed by atoms with Crippen LogP contribution in [0.25, 0.3) is 0 Å². The van der Waals surface area contributed by atoms with Crippen LogP contribution in [0.15, 0.2) is 85.1 Å². The molecule has 0 saturated heterocycles. The Morgan fingerprint density at radius 3 is 1.43 bits per heavy atom. The zero-order chi connectivity index (χ0) is 42.8. The molecule has 0 spiro atoms. The van der Waals surface area contributed by atoms with Gasteiger partial charge < -0.3 is 25.2 Å². The lowest BCUT2D eigenvalue weighted by molar-refractivity contribution is -0.161. The molecule has 0 aliphatic carbocycles. The van der Waals surface area contributed by atoms with E-state index in [9.17, 15) is 23.8 Å². The molecule has 330 valence electrons. The predicted octanol–water partition coefficient (Wildman–Crippen LogP) is 11.5. The zero-order valence-electron chi connectivity index (χ0n) is 35.6. The van der Waals surface area contributed by atoms with Crippen LogP contribution in [0.2, 0.25) is 0 Å². The van der Waals surface area contributed by atoms with Gasteiger partial charge >= 0.3 is 25.7 Å². The number of carbonyl (C=O) groups is 3. The van der Waals surface area contributed by atoms with Crippen molar-refractivity contribution in [3.05, 3.63) is 85.1 Å². The molecule has 4 N–H and O–H groups in total. The van der Waals surface area contributed by atoms with E-state index in [2.05, 4.69) is 85.2 Å². The zero-order valence-corrected chi connectivity index (χ0v) is 36.5. The summed E-state index contributed by atoms with van der Waals surface area (Å²) in [6.45, 7) is 2.64. The third kappa shape index (κ3) is 39.5. The van der Waals surface area contributed by atoms with Crippen LogP contribution in [0, 0.1) is 0 Å². The molecule has 58 heavy (non-hydrogen) atoms. The third-order valence-corrected chi connectivity index (χ3v) is 9.58. The summed E-state index contributed by atoms with van der Waals surface area (Å²) in [4.78, 5) is 45.9. The van der Waals surface area contributed by atoms with Gasteiger partial charge in [-0.1, -0.05) is 144 Å². The highest BCUT2D eigenvalue weighted by molar-refractivity contribution is 7.47. The summed E-state index contributed by atoms with van der Waals surface area (Å²) in [6, 6.07) is -1.54. The number of hydrogen-bond acceptors (Lipinski definition) is 9. The second-order valence-electron chi connectivity index (χ2n) is 14.1. The minimum absolute atomic E-state index is 0.0300. The van der Waals surface area contributed by atoms with Crippen LogP contribution in [0.5, 0.6) is 0 Å². The number of phosphoric acid groups is 1. The number of hydrogen-bond donors (Lipinski definition) is 3. The highest BCUT2D eigenvalue weighted by Gasteiger charge is 2.28. The summed E-state index contributed by atoms with van der Waals surface area (Å²) in [6.07, 6.45) is 49.4. The fourth-order valence-electron chi connectivity index (χ4n) is 5.19. The van der Waals surface area contributed by atoms with Crippen molar-refractivity contribution >= 4 is 25.7 Å². The number of carbonyl (C=O) groups excluding carboxylic acids is 2. The van der Waals surface area contributed by atoms with Crippen molar-refractivity contribution < 1.29 is 47.5 Å². The molecule has 0 bridgehead atoms. The molecule has 0 aromatic heterocycles. The van der Waals surface area contributed by atoms with Gasteiger partial charge in [0.05, 0.1) is 13.2 Å². The van der Waals surface area contributed by atoms with Crippen molar-refractivity contribution in [3.63, 3.8) is 0 Å². The monoisotopic (exact) mass is 834 g/mol. The van der Waals surface area contributed by atoms with E-state index in [1.165, 1.54) is 38.5 Å². The van der Waals surface area contributed by atoms with Crippen LogP contribution in [0.4, 0.5) is 0 Å². The maximum absolute atomic E-state index is 12.6. The van der Waals surface area contributed by atoms with Gasteiger partial charge in [0, 0.05) is 12.8 Å². The highest BCUT2D eigenvalue weighted by atomic mass is 31.2. The van der Waals surface area contributed by atoms with E-state index in [1.54, 1.807) is 0 Å². The number of esters is 2. The largest absolute Gasteiger partial charge is 0.480 e. The quantitative estimate of drug-likeness (QED) is 0.0233. The van der Waals surface area contributed by atoms with Gasteiger partial charge in [-0.3, -0.25) is 23.4 Å². The lowest BCUT2D eigenvalue weighted by Crippen LogP contribution is -2.34. The van der Waals surface area contributed by atoms with E-state index < -0.39 is 51.1 Å². The first kappa shape index (κ1) is 54.7. The van der Waals surface area contributed by atoms with Crippen molar-refractivity contribution in [2.24, 2.45) is 5.73 Å².